The molecule has 0 saturated carbocycles. The maximum Gasteiger partial charge on any atom is 0.468 e. The van der Waals surface area contributed by atoms with Crippen molar-refractivity contribution in [2.45, 2.75) is 151 Å². The van der Waals surface area contributed by atoms with Gasteiger partial charge in [-0.2, -0.15) is 0 Å². The predicted octanol–water partition coefficient (Wildman–Crippen LogP) is 15.7. The molecule has 10 rings (SSSR count). The summed E-state index contributed by atoms with van der Waals surface area (Å²) >= 11 is 0. The number of benzene rings is 5. The first-order valence-corrected chi connectivity index (χ1v) is 27.2. The number of anilines is 4. The van der Waals surface area contributed by atoms with E-state index in [1.54, 1.807) is 0 Å². The lowest BCUT2D eigenvalue weighted by atomic mass is 9.50. The second-order valence-electron chi connectivity index (χ2n) is 26.5. The molecule has 2 aliphatic rings. The van der Waals surface area contributed by atoms with Gasteiger partial charge >= 0.3 is 21.4 Å². The number of hydrogen-bond donors (Lipinski definition) is 0. The van der Waals surface area contributed by atoms with E-state index in [1.165, 1.54) is 27.5 Å². The van der Waals surface area contributed by atoms with Gasteiger partial charge in [0.15, 0.2) is 0 Å². The van der Waals surface area contributed by atoms with Crippen LogP contribution in [0.1, 0.15) is 137 Å². The highest BCUT2D eigenvalue weighted by atomic mass is 16.7. The standard InChI is InChI=1S/C64H76B3N5O4/c1-42-45(40-73-39-43-28-29-52-51-22-17-18-25-54(51)72(57(52)32-43)58-37-46(30-31-68-58)60(2,3)4)35-49(38-69-42)70-41-71(56-27-20-19-26-55(56)70)59-50(44-33-47(61(5,6)7)36-48(34-44)62(8,9)10)23-21-24-53(59)65-74-66(63(11,12)13)76-67(75-65)64(14,15)16/h17-38H,39-41H2,1-16H3. The lowest BCUT2D eigenvalue weighted by Crippen LogP contribution is -2.59. The molecule has 2 aliphatic heterocycles. The van der Waals surface area contributed by atoms with Crippen LogP contribution >= 0.6 is 0 Å². The minimum absolute atomic E-state index is 0.00941. The molecule has 76 heavy (non-hydrogen) atoms. The van der Waals surface area contributed by atoms with Crippen LogP contribution in [-0.2, 0) is 47.9 Å². The zero-order chi connectivity index (χ0) is 54.3. The molecule has 0 unspecified atom stereocenters. The minimum atomic E-state index is -0.712. The van der Waals surface area contributed by atoms with Gasteiger partial charge < -0.3 is 28.3 Å². The lowest BCUT2D eigenvalue weighted by Gasteiger charge is -2.41. The largest absolute Gasteiger partial charge is 0.468 e. The fourth-order valence-corrected chi connectivity index (χ4v) is 10.5. The zero-order valence-corrected chi connectivity index (χ0v) is 47.9. The van der Waals surface area contributed by atoms with Crippen LogP contribution in [0.2, 0.25) is 10.6 Å². The SMILES string of the molecule is Cc1ncc(N2CN(c3c(B4OB(C(C)(C)C)OB(C(C)(C)C)O4)cccc3-c3cc(C(C)(C)C)cc(C(C)(C)C)c3)c3ccccc32)cc1COCc1ccc2c3ccccc3n(-c3cc(C(C)(C)C)ccn3)c2c1. The van der Waals surface area contributed by atoms with E-state index < -0.39 is 21.4 Å². The fourth-order valence-electron chi connectivity index (χ4n) is 10.5. The number of fused-ring (bicyclic) bond motifs is 4. The molecule has 9 nitrogen and oxygen atoms in total. The Morgan fingerprint density at radius 2 is 1.17 bits per heavy atom. The Kier molecular flexibility index (Phi) is 13.8. The number of nitrogens with zero attached hydrogens (tertiary/aromatic N) is 5. The molecule has 0 spiro atoms. The molecular weight excluding hydrogens is 935 g/mol. The third-order valence-corrected chi connectivity index (χ3v) is 15.1. The highest BCUT2D eigenvalue weighted by molar-refractivity contribution is 6.81. The van der Waals surface area contributed by atoms with Crippen molar-refractivity contribution in [2.24, 2.45) is 0 Å². The first-order chi connectivity index (χ1) is 35.7. The lowest BCUT2D eigenvalue weighted by molar-refractivity contribution is 0.106. The molecule has 0 radical (unpaired) electrons. The van der Waals surface area contributed by atoms with Gasteiger partial charge in [0.05, 0.1) is 53.2 Å². The molecule has 8 aromatic rings. The van der Waals surface area contributed by atoms with Crippen molar-refractivity contribution in [1.82, 2.24) is 14.5 Å². The highest BCUT2D eigenvalue weighted by Gasteiger charge is 2.52. The van der Waals surface area contributed by atoms with E-state index in [0.29, 0.717) is 19.9 Å². The quantitative estimate of drug-likeness (QED) is 0.132. The number of aryl methyl sites for hydroxylation is 1. The van der Waals surface area contributed by atoms with Crippen molar-refractivity contribution in [3.63, 3.8) is 0 Å². The number of hydrogen-bond acceptors (Lipinski definition) is 8. The highest BCUT2D eigenvalue weighted by Crippen LogP contribution is 2.48. The van der Waals surface area contributed by atoms with Crippen molar-refractivity contribution in [3.05, 3.63) is 167 Å². The van der Waals surface area contributed by atoms with Gasteiger partial charge in [0, 0.05) is 39.3 Å². The van der Waals surface area contributed by atoms with Gasteiger partial charge in [-0.1, -0.05) is 183 Å². The topological polar surface area (TPSA) is 74.1 Å². The number of pyridine rings is 2. The summed E-state index contributed by atoms with van der Waals surface area (Å²) in [5.41, 5.74) is 16.3. The van der Waals surface area contributed by atoms with Gasteiger partial charge in [0.2, 0.25) is 0 Å². The summed E-state index contributed by atoms with van der Waals surface area (Å²) in [6.07, 6.45) is 3.93. The first kappa shape index (κ1) is 53.2. The maximum absolute atomic E-state index is 6.97. The smallest absolute Gasteiger partial charge is 0.452 e. The molecule has 1 saturated heterocycles. The Labute approximate surface area is 453 Å². The Hall–Kier alpha value is -6.17. The zero-order valence-electron chi connectivity index (χ0n) is 47.9. The predicted molar refractivity (Wildman–Crippen MR) is 319 cm³/mol. The van der Waals surface area contributed by atoms with Crippen molar-refractivity contribution in [1.29, 1.82) is 0 Å². The van der Waals surface area contributed by atoms with E-state index in [9.17, 15) is 0 Å². The van der Waals surface area contributed by atoms with Crippen LogP contribution < -0.4 is 15.3 Å². The minimum Gasteiger partial charge on any atom is -0.452 e. The average molecular weight is 1010 g/mol. The second-order valence-corrected chi connectivity index (χ2v) is 26.5. The van der Waals surface area contributed by atoms with E-state index in [-0.39, 0.29) is 26.9 Å². The molecule has 3 aromatic heterocycles. The monoisotopic (exact) mass is 1010 g/mol. The van der Waals surface area contributed by atoms with Crippen LogP contribution in [0.15, 0.2) is 134 Å². The molecule has 0 aliphatic carbocycles. The molecule has 390 valence electrons. The van der Waals surface area contributed by atoms with Crippen molar-refractivity contribution in [2.75, 3.05) is 16.5 Å². The van der Waals surface area contributed by atoms with E-state index in [1.807, 2.05) is 12.4 Å². The van der Waals surface area contributed by atoms with Crippen molar-refractivity contribution < 1.29 is 18.5 Å². The van der Waals surface area contributed by atoms with E-state index >= 15 is 0 Å². The molecule has 0 atom stereocenters. The average Bonchev–Trinajstić information content (AvgIpc) is 3.94. The van der Waals surface area contributed by atoms with Gasteiger partial charge in [0.1, 0.15) is 12.5 Å². The molecule has 5 heterocycles. The summed E-state index contributed by atoms with van der Waals surface area (Å²) in [7, 11) is -1.72. The summed E-state index contributed by atoms with van der Waals surface area (Å²) in [5, 5.41) is 1.77. The van der Waals surface area contributed by atoms with Crippen LogP contribution in [0, 0.1) is 6.92 Å². The summed E-state index contributed by atoms with van der Waals surface area (Å²) < 4.78 is 29.5. The Bertz CT molecular complexity index is 3410. The number of ether oxygens (including phenoxy) is 1. The molecule has 0 amide bonds. The summed E-state index contributed by atoms with van der Waals surface area (Å²) in [5.74, 6) is 0.912. The molecule has 0 bridgehead atoms. The number of aromatic nitrogens is 3. The Morgan fingerprint density at radius 1 is 0.553 bits per heavy atom. The molecule has 1 fully saturated rings. The molecule has 5 aromatic carbocycles. The second kappa shape index (κ2) is 19.7. The molecule has 12 heteroatoms. The Balaban J connectivity index is 1.01. The van der Waals surface area contributed by atoms with E-state index in [0.717, 1.165) is 73.0 Å². The van der Waals surface area contributed by atoms with Crippen molar-refractivity contribution >= 4 is 71.4 Å². The number of para-hydroxylation sites is 4. The van der Waals surface area contributed by atoms with Gasteiger partial charge in [0.25, 0.3) is 0 Å². The van der Waals surface area contributed by atoms with Crippen LogP contribution in [0.25, 0.3) is 38.8 Å². The van der Waals surface area contributed by atoms with Crippen LogP contribution in [0.5, 0.6) is 0 Å². The van der Waals surface area contributed by atoms with Gasteiger partial charge in [-0.25, -0.2) is 4.98 Å². The summed E-state index contributed by atoms with van der Waals surface area (Å²) in [6.45, 7) is 36.9. The normalized spacial score (nSPS) is 14.9. The van der Waals surface area contributed by atoms with Crippen LogP contribution in [0.3, 0.4) is 0 Å². The van der Waals surface area contributed by atoms with Crippen LogP contribution in [0.4, 0.5) is 22.7 Å². The van der Waals surface area contributed by atoms with Gasteiger partial charge in [-0.15, -0.1) is 0 Å². The third-order valence-electron chi connectivity index (χ3n) is 15.1. The third kappa shape index (κ3) is 10.5. The first-order valence-electron chi connectivity index (χ1n) is 27.2. The van der Waals surface area contributed by atoms with E-state index in [2.05, 4.69) is 246 Å². The van der Waals surface area contributed by atoms with E-state index in [4.69, 9.17) is 28.4 Å². The molecule has 0 N–H and O–H groups in total. The maximum atomic E-state index is 6.97. The van der Waals surface area contributed by atoms with Crippen LogP contribution in [-0.4, -0.2) is 42.6 Å². The van der Waals surface area contributed by atoms with Crippen molar-refractivity contribution in [3.8, 4) is 16.9 Å². The summed E-state index contributed by atoms with van der Waals surface area (Å²) in [6, 6.07) is 44.3. The van der Waals surface area contributed by atoms with Gasteiger partial charge in [-0.3, -0.25) is 9.55 Å². The fraction of sp³-hybridized carbons (Fsp3) is 0.375. The molecular formula is C64H76B3N5O4. The summed E-state index contributed by atoms with van der Waals surface area (Å²) in [4.78, 5) is 14.8. The van der Waals surface area contributed by atoms with Gasteiger partial charge in [-0.05, 0) is 104 Å². The number of rotatable bonds is 9. The Morgan fingerprint density at radius 3 is 1.82 bits per heavy atom.